The van der Waals surface area contributed by atoms with Gasteiger partial charge in [0.05, 0.1) is 12.6 Å². The van der Waals surface area contributed by atoms with E-state index in [2.05, 4.69) is 28.5 Å². The Balaban J connectivity index is 2.13. The number of piperazine rings is 1. The number of likely N-dealkylation sites (N-methyl/N-ethyl adjacent to an activating group) is 1. The van der Waals surface area contributed by atoms with Crippen molar-refractivity contribution in [2.75, 3.05) is 39.8 Å². The molecule has 0 aromatic carbocycles. The summed E-state index contributed by atoms with van der Waals surface area (Å²) in [7, 11) is 2.11. The summed E-state index contributed by atoms with van der Waals surface area (Å²) in [6, 6.07) is 2.06. The average molecular weight is 154 g/mol. The Labute approximate surface area is 67.4 Å². The molecule has 0 atom stereocenters. The van der Waals surface area contributed by atoms with Gasteiger partial charge in [-0.3, -0.25) is 0 Å². The van der Waals surface area contributed by atoms with Crippen LogP contribution in [-0.2, 0) is 0 Å². The average Bonchev–Trinajstić information content (AvgIpc) is 2.04. The second-order valence-electron chi connectivity index (χ2n) is 2.78. The number of nitrogens with zero attached hydrogens (tertiary/aromatic N) is 3. The smallest absolute Gasteiger partial charge is 0.0974 e. The van der Waals surface area contributed by atoms with E-state index in [0.29, 0.717) is 6.54 Å². The lowest BCUT2D eigenvalue weighted by molar-refractivity contribution is 0.110. The van der Waals surface area contributed by atoms with Gasteiger partial charge in [-0.1, -0.05) is 0 Å². The highest BCUT2D eigenvalue weighted by atomic mass is 15.5. The van der Waals surface area contributed by atoms with Crippen LogP contribution in [0, 0.1) is 11.3 Å². The molecule has 0 radical (unpaired) electrons. The first-order valence-electron chi connectivity index (χ1n) is 3.87. The first-order valence-corrected chi connectivity index (χ1v) is 3.87. The topological polar surface area (TPSA) is 42.3 Å². The van der Waals surface area contributed by atoms with Crippen LogP contribution in [0.2, 0.25) is 0 Å². The lowest BCUT2D eigenvalue weighted by Crippen LogP contribution is -2.50. The van der Waals surface area contributed by atoms with Crippen molar-refractivity contribution in [2.24, 2.45) is 0 Å². The van der Waals surface area contributed by atoms with Crippen molar-refractivity contribution in [1.29, 1.82) is 5.26 Å². The number of hydrogen-bond acceptors (Lipinski definition) is 4. The Morgan fingerprint density at radius 2 is 2.00 bits per heavy atom. The highest BCUT2D eigenvalue weighted by Crippen LogP contribution is 1.94. The number of nitriles is 1. The first kappa shape index (κ1) is 8.47. The highest BCUT2D eigenvalue weighted by Gasteiger charge is 2.11. The van der Waals surface area contributed by atoms with Crippen LogP contribution in [0.3, 0.4) is 0 Å². The standard InChI is InChI=1S/C7H14N4/c1-10-4-6-11(7-5-10)9-3-2-8/h9H,3-7H2,1H3. The van der Waals surface area contributed by atoms with E-state index in [-0.39, 0.29) is 0 Å². The van der Waals surface area contributed by atoms with Crippen molar-refractivity contribution in [3.05, 3.63) is 0 Å². The highest BCUT2D eigenvalue weighted by molar-refractivity contribution is 4.74. The maximum atomic E-state index is 8.30. The molecule has 0 aromatic rings. The van der Waals surface area contributed by atoms with E-state index in [0.717, 1.165) is 26.2 Å². The molecule has 0 amide bonds. The number of rotatable bonds is 2. The molecule has 11 heavy (non-hydrogen) atoms. The van der Waals surface area contributed by atoms with Crippen molar-refractivity contribution >= 4 is 0 Å². The van der Waals surface area contributed by atoms with Gasteiger partial charge >= 0.3 is 0 Å². The largest absolute Gasteiger partial charge is 0.304 e. The molecule has 0 saturated carbocycles. The van der Waals surface area contributed by atoms with E-state index in [1.807, 2.05) is 0 Å². The monoisotopic (exact) mass is 154 g/mol. The maximum absolute atomic E-state index is 8.30. The molecule has 0 aliphatic carbocycles. The van der Waals surface area contributed by atoms with Gasteiger partial charge < -0.3 is 4.90 Å². The van der Waals surface area contributed by atoms with Crippen LogP contribution >= 0.6 is 0 Å². The molecule has 0 aromatic heterocycles. The fourth-order valence-electron chi connectivity index (χ4n) is 1.11. The molecule has 1 aliphatic rings. The molecule has 0 spiro atoms. The van der Waals surface area contributed by atoms with E-state index >= 15 is 0 Å². The summed E-state index contributed by atoms with van der Waals surface area (Å²) in [6.45, 7) is 4.61. The van der Waals surface area contributed by atoms with Gasteiger partial charge in [0.2, 0.25) is 0 Å². The van der Waals surface area contributed by atoms with Crippen LogP contribution in [0.15, 0.2) is 0 Å². The normalized spacial score (nSPS) is 21.5. The Kier molecular flexibility index (Phi) is 3.30. The molecule has 4 heteroatoms. The first-order chi connectivity index (χ1) is 5.33. The zero-order valence-corrected chi connectivity index (χ0v) is 6.88. The predicted molar refractivity (Wildman–Crippen MR) is 42.7 cm³/mol. The summed E-state index contributed by atoms with van der Waals surface area (Å²) >= 11 is 0. The number of nitrogens with one attached hydrogen (secondary N) is 1. The Bertz CT molecular complexity index is 143. The van der Waals surface area contributed by atoms with E-state index < -0.39 is 0 Å². The second-order valence-corrected chi connectivity index (χ2v) is 2.78. The van der Waals surface area contributed by atoms with Gasteiger partial charge in [-0.2, -0.15) is 5.26 Å². The maximum Gasteiger partial charge on any atom is 0.0974 e. The lowest BCUT2D eigenvalue weighted by Gasteiger charge is -2.31. The quantitative estimate of drug-likeness (QED) is 0.532. The third-order valence-corrected chi connectivity index (χ3v) is 1.88. The van der Waals surface area contributed by atoms with Crippen LogP contribution in [0.4, 0.5) is 0 Å². The van der Waals surface area contributed by atoms with Gasteiger partial charge in [-0.25, -0.2) is 10.4 Å². The number of hydrogen-bond donors (Lipinski definition) is 1. The zero-order chi connectivity index (χ0) is 8.10. The molecule has 4 nitrogen and oxygen atoms in total. The fourth-order valence-corrected chi connectivity index (χ4v) is 1.11. The fraction of sp³-hybridized carbons (Fsp3) is 0.857. The van der Waals surface area contributed by atoms with Crippen LogP contribution in [0.25, 0.3) is 0 Å². The molecule has 1 rings (SSSR count). The van der Waals surface area contributed by atoms with Crippen LogP contribution < -0.4 is 5.43 Å². The lowest BCUT2D eigenvalue weighted by atomic mass is 10.4. The SMILES string of the molecule is CN1CCN(NCC#N)CC1. The molecule has 0 unspecified atom stereocenters. The van der Waals surface area contributed by atoms with E-state index in [4.69, 9.17) is 5.26 Å². The summed E-state index contributed by atoms with van der Waals surface area (Å²) in [6.07, 6.45) is 0. The van der Waals surface area contributed by atoms with E-state index in [1.165, 1.54) is 0 Å². The minimum Gasteiger partial charge on any atom is -0.304 e. The van der Waals surface area contributed by atoms with Gasteiger partial charge in [-0.15, -0.1) is 0 Å². The van der Waals surface area contributed by atoms with E-state index in [9.17, 15) is 0 Å². The summed E-state index contributed by atoms with van der Waals surface area (Å²) in [5, 5.41) is 10.4. The van der Waals surface area contributed by atoms with Crippen molar-refractivity contribution in [3.63, 3.8) is 0 Å². The molecule has 0 bridgehead atoms. The van der Waals surface area contributed by atoms with E-state index in [1.54, 1.807) is 0 Å². The third-order valence-electron chi connectivity index (χ3n) is 1.88. The molecule has 62 valence electrons. The minimum absolute atomic E-state index is 0.420. The number of hydrazine groups is 1. The summed E-state index contributed by atoms with van der Waals surface area (Å²) in [4.78, 5) is 2.28. The zero-order valence-electron chi connectivity index (χ0n) is 6.88. The Morgan fingerprint density at radius 1 is 1.36 bits per heavy atom. The van der Waals surface area contributed by atoms with Gasteiger partial charge in [0, 0.05) is 26.2 Å². The van der Waals surface area contributed by atoms with Crippen molar-refractivity contribution in [2.45, 2.75) is 0 Å². The molecular formula is C7H14N4. The molecular weight excluding hydrogens is 140 g/mol. The molecule has 1 heterocycles. The summed E-state index contributed by atoms with van der Waals surface area (Å²) in [5.41, 5.74) is 3.04. The second kappa shape index (κ2) is 4.29. The van der Waals surface area contributed by atoms with Crippen molar-refractivity contribution < 1.29 is 0 Å². The summed E-state index contributed by atoms with van der Waals surface area (Å²) in [5.74, 6) is 0. The van der Waals surface area contributed by atoms with Gasteiger partial charge in [-0.05, 0) is 7.05 Å². The van der Waals surface area contributed by atoms with Gasteiger partial charge in [0.15, 0.2) is 0 Å². The van der Waals surface area contributed by atoms with Crippen LogP contribution in [-0.4, -0.2) is 49.7 Å². The Hall–Kier alpha value is -0.630. The molecule has 1 fully saturated rings. The molecule has 1 saturated heterocycles. The van der Waals surface area contributed by atoms with Crippen LogP contribution in [0.5, 0.6) is 0 Å². The van der Waals surface area contributed by atoms with Crippen molar-refractivity contribution in [1.82, 2.24) is 15.3 Å². The molecule has 1 N–H and O–H groups in total. The third kappa shape index (κ3) is 2.85. The summed E-state index contributed by atoms with van der Waals surface area (Å²) < 4.78 is 0. The van der Waals surface area contributed by atoms with Crippen molar-refractivity contribution in [3.8, 4) is 6.07 Å². The molecule has 1 aliphatic heterocycles. The van der Waals surface area contributed by atoms with Crippen LogP contribution in [0.1, 0.15) is 0 Å². The minimum atomic E-state index is 0.420. The van der Waals surface area contributed by atoms with Gasteiger partial charge in [0.25, 0.3) is 0 Å². The Morgan fingerprint density at radius 3 is 2.55 bits per heavy atom. The predicted octanol–water partition coefficient (Wildman–Crippen LogP) is -0.738. The van der Waals surface area contributed by atoms with Gasteiger partial charge in [0.1, 0.15) is 0 Å².